The van der Waals surface area contributed by atoms with E-state index in [1.165, 1.54) is 0 Å². The van der Waals surface area contributed by atoms with Crippen LogP contribution in [0.25, 0.3) is 6.08 Å². The van der Waals surface area contributed by atoms with Gasteiger partial charge in [-0.05, 0) is 48.4 Å². The molecule has 1 aliphatic rings. The molecular formula is C20H18BrNO4. The van der Waals surface area contributed by atoms with E-state index >= 15 is 0 Å². The molecule has 0 N–H and O–H groups in total. The normalized spacial score (nSPS) is 15.0. The minimum absolute atomic E-state index is 0.242. The number of carbonyl (C=O) groups excluding carboxylic acids is 1. The van der Waals surface area contributed by atoms with Crippen LogP contribution < -0.4 is 9.47 Å². The Labute approximate surface area is 160 Å². The molecule has 0 amide bonds. The lowest BCUT2D eigenvalue weighted by molar-refractivity contribution is -0.129. The van der Waals surface area contributed by atoms with Gasteiger partial charge in [0.15, 0.2) is 17.2 Å². The van der Waals surface area contributed by atoms with Crippen molar-refractivity contribution in [2.75, 3.05) is 13.7 Å². The highest BCUT2D eigenvalue weighted by atomic mass is 79.9. The lowest BCUT2D eigenvalue weighted by Gasteiger charge is -2.10. The number of esters is 1. The fourth-order valence-corrected chi connectivity index (χ4v) is 2.82. The van der Waals surface area contributed by atoms with E-state index in [0.717, 1.165) is 22.0 Å². The van der Waals surface area contributed by atoms with E-state index in [1.807, 2.05) is 43.3 Å². The van der Waals surface area contributed by atoms with Gasteiger partial charge in [0.1, 0.15) is 0 Å². The minimum atomic E-state index is -0.480. The quantitative estimate of drug-likeness (QED) is 0.511. The van der Waals surface area contributed by atoms with Crippen molar-refractivity contribution in [1.82, 2.24) is 0 Å². The Bertz CT molecular complexity index is 889. The number of hydrogen-bond acceptors (Lipinski definition) is 5. The van der Waals surface area contributed by atoms with Gasteiger partial charge in [-0.3, -0.25) is 0 Å². The van der Waals surface area contributed by atoms with Crippen LogP contribution in [0, 0.1) is 0 Å². The SMILES string of the molecule is CCCOc1cc(C=C2N=C(c3cccc(Br)c3)OC2=O)ccc1OC. The number of cyclic esters (lactones) is 1. The average molecular weight is 416 g/mol. The summed E-state index contributed by atoms with van der Waals surface area (Å²) in [7, 11) is 1.59. The fourth-order valence-electron chi connectivity index (χ4n) is 2.42. The molecule has 6 heteroatoms. The van der Waals surface area contributed by atoms with Gasteiger partial charge in [-0.25, -0.2) is 9.79 Å². The Morgan fingerprint density at radius 3 is 2.77 bits per heavy atom. The Balaban J connectivity index is 1.90. The van der Waals surface area contributed by atoms with Crippen LogP contribution in [0.1, 0.15) is 24.5 Å². The minimum Gasteiger partial charge on any atom is -0.493 e. The lowest BCUT2D eigenvalue weighted by Crippen LogP contribution is -2.05. The second-order valence-electron chi connectivity index (χ2n) is 5.61. The molecule has 0 fully saturated rings. The molecule has 0 saturated heterocycles. The largest absolute Gasteiger partial charge is 0.493 e. The van der Waals surface area contributed by atoms with Crippen LogP contribution in [0.4, 0.5) is 0 Å². The number of carbonyl (C=O) groups is 1. The summed E-state index contributed by atoms with van der Waals surface area (Å²) in [6, 6.07) is 12.9. The van der Waals surface area contributed by atoms with E-state index in [-0.39, 0.29) is 5.70 Å². The number of methoxy groups -OCH3 is 1. The molecule has 134 valence electrons. The van der Waals surface area contributed by atoms with Crippen molar-refractivity contribution in [2.45, 2.75) is 13.3 Å². The van der Waals surface area contributed by atoms with Crippen molar-refractivity contribution in [3.8, 4) is 11.5 Å². The van der Waals surface area contributed by atoms with E-state index in [0.29, 0.717) is 24.0 Å². The molecular weight excluding hydrogens is 398 g/mol. The van der Waals surface area contributed by atoms with E-state index in [1.54, 1.807) is 19.3 Å². The molecule has 0 aromatic heterocycles. The van der Waals surface area contributed by atoms with Crippen molar-refractivity contribution < 1.29 is 19.0 Å². The Kier molecular flexibility index (Phi) is 5.73. The van der Waals surface area contributed by atoms with Gasteiger partial charge in [-0.1, -0.05) is 35.0 Å². The Morgan fingerprint density at radius 1 is 1.19 bits per heavy atom. The summed E-state index contributed by atoms with van der Waals surface area (Å²) in [6.45, 7) is 2.62. The molecule has 2 aromatic rings. The fraction of sp³-hybridized carbons (Fsp3) is 0.200. The third kappa shape index (κ3) is 4.14. The first-order valence-electron chi connectivity index (χ1n) is 8.20. The van der Waals surface area contributed by atoms with Crippen LogP contribution >= 0.6 is 15.9 Å². The van der Waals surface area contributed by atoms with Crippen LogP contribution in [0.15, 0.2) is 57.6 Å². The van der Waals surface area contributed by atoms with E-state index in [2.05, 4.69) is 20.9 Å². The third-order valence-corrected chi connectivity index (χ3v) is 4.14. The Morgan fingerprint density at radius 2 is 2.04 bits per heavy atom. The lowest BCUT2D eigenvalue weighted by atomic mass is 10.1. The highest BCUT2D eigenvalue weighted by molar-refractivity contribution is 9.10. The summed E-state index contributed by atoms with van der Waals surface area (Å²) in [4.78, 5) is 16.5. The van der Waals surface area contributed by atoms with Crippen molar-refractivity contribution in [2.24, 2.45) is 4.99 Å². The van der Waals surface area contributed by atoms with E-state index < -0.39 is 5.97 Å². The van der Waals surface area contributed by atoms with Crippen LogP contribution in [-0.2, 0) is 9.53 Å². The van der Waals surface area contributed by atoms with Gasteiger partial charge in [0.2, 0.25) is 5.90 Å². The van der Waals surface area contributed by atoms with Crippen molar-refractivity contribution >= 4 is 33.9 Å². The van der Waals surface area contributed by atoms with Crippen LogP contribution in [0.2, 0.25) is 0 Å². The molecule has 26 heavy (non-hydrogen) atoms. The summed E-state index contributed by atoms with van der Waals surface area (Å²) >= 11 is 3.40. The third-order valence-electron chi connectivity index (χ3n) is 3.64. The van der Waals surface area contributed by atoms with Crippen molar-refractivity contribution in [3.63, 3.8) is 0 Å². The summed E-state index contributed by atoms with van der Waals surface area (Å²) in [5, 5.41) is 0. The predicted octanol–water partition coefficient (Wildman–Crippen LogP) is 4.59. The van der Waals surface area contributed by atoms with Gasteiger partial charge in [-0.2, -0.15) is 0 Å². The zero-order valence-electron chi connectivity index (χ0n) is 14.5. The maximum absolute atomic E-state index is 12.2. The Hall–Kier alpha value is -2.60. The molecule has 3 rings (SSSR count). The molecule has 0 aliphatic carbocycles. The number of nitrogens with zero attached hydrogens (tertiary/aromatic N) is 1. The first-order valence-corrected chi connectivity index (χ1v) is 8.99. The predicted molar refractivity (Wildman–Crippen MR) is 104 cm³/mol. The summed E-state index contributed by atoms with van der Waals surface area (Å²) < 4.78 is 17.2. The van der Waals surface area contributed by atoms with Gasteiger partial charge >= 0.3 is 5.97 Å². The second-order valence-corrected chi connectivity index (χ2v) is 6.52. The van der Waals surface area contributed by atoms with Gasteiger partial charge < -0.3 is 14.2 Å². The monoisotopic (exact) mass is 415 g/mol. The molecule has 0 spiro atoms. The average Bonchev–Trinajstić information content (AvgIpc) is 3.01. The van der Waals surface area contributed by atoms with Crippen LogP contribution in [-0.4, -0.2) is 25.6 Å². The highest BCUT2D eigenvalue weighted by Crippen LogP contribution is 2.30. The zero-order chi connectivity index (χ0) is 18.5. The number of hydrogen-bond donors (Lipinski definition) is 0. The van der Waals surface area contributed by atoms with E-state index in [4.69, 9.17) is 14.2 Å². The second kappa shape index (κ2) is 8.19. The molecule has 1 heterocycles. The van der Waals surface area contributed by atoms with Gasteiger partial charge in [0, 0.05) is 10.0 Å². The summed E-state index contributed by atoms with van der Waals surface area (Å²) in [5.74, 6) is 1.09. The van der Waals surface area contributed by atoms with Crippen LogP contribution in [0.5, 0.6) is 11.5 Å². The zero-order valence-corrected chi connectivity index (χ0v) is 16.1. The first-order chi connectivity index (χ1) is 12.6. The van der Waals surface area contributed by atoms with Crippen molar-refractivity contribution in [1.29, 1.82) is 0 Å². The maximum atomic E-state index is 12.2. The van der Waals surface area contributed by atoms with Gasteiger partial charge in [-0.15, -0.1) is 0 Å². The van der Waals surface area contributed by atoms with Gasteiger partial charge in [0.05, 0.1) is 13.7 Å². The molecule has 0 unspecified atom stereocenters. The molecule has 2 aromatic carbocycles. The van der Waals surface area contributed by atoms with Gasteiger partial charge in [0.25, 0.3) is 0 Å². The number of benzene rings is 2. The van der Waals surface area contributed by atoms with E-state index in [9.17, 15) is 4.79 Å². The number of ether oxygens (including phenoxy) is 3. The number of halogens is 1. The number of rotatable bonds is 6. The summed E-state index contributed by atoms with van der Waals surface area (Å²) in [5.41, 5.74) is 1.76. The summed E-state index contributed by atoms with van der Waals surface area (Å²) in [6.07, 6.45) is 2.56. The molecule has 0 saturated carbocycles. The maximum Gasteiger partial charge on any atom is 0.363 e. The van der Waals surface area contributed by atoms with Crippen LogP contribution in [0.3, 0.4) is 0 Å². The molecule has 5 nitrogen and oxygen atoms in total. The smallest absolute Gasteiger partial charge is 0.363 e. The molecule has 0 atom stereocenters. The molecule has 1 aliphatic heterocycles. The number of aliphatic imine (C=N–C) groups is 1. The first kappa shape index (κ1) is 18.2. The standard InChI is InChI=1S/C20H18BrNO4/c1-3-9-25-18-11-13(7-8-17(18)24-2)10-16-20(23)26-19(22-16)14-5-4-6-15(21)12-14/h4-8,10-12H,3,9H2,1-2H3. The molecule has 0 bridgehead atoms. The highest BCUT2D eigenvalue weighted by Gasteiger charge is 2.24. The van der Waals surface area contributed by atoms with Crippen molar-refractivity contribution in [3.05, 3.63) is 63.8 Å². The topological polar surface area (TPSA) is 57.1 Å². The molecule has 0 radical (unpaired) electrons.